The van der Waals surface area contributed by atoms with E-state index in [1.807, 2.05) is 11.3 Å². The van der Waals surface area contributed by atoms with E-state index < -0.39 is 0 Å². The van der Waals surface area contributed by atoms with E-state index in [9.17, 15) is 0 Å². The van der Waals surface area contributed by atoms with Gasteiger partial charge in [-0.15, -0.1) is 11.3 Å². The van der Waals surface area contributed by atoms with Crippen LogP contribution in [0.1, 0.15) is 24.3 Å². The van der Waals surface area contributed by atoms with Gasteiger partial charge in [-0.25, -0.2) is 0 Å². The molecule has 2 unspecified atom stereocenters. The second-order valence-electron chi connectivity index (χ2n) is 5.60. The van der Waals surface area contributed by atoms with Gasteiger partial charge < -0.3 is 15.4 Å². The number of guanidine groups is 1. The Kier molecular flexibility index (Phi) is 5.11. The normalized spacial score (nSPS) is 25.0. The van der Waals surface area contributed by atoms with Crippen molar-refractivity contribution in [1.29, 1.82) is 0 Å². The molecule has 0 amide bonds. The Morgan fingerprint density at radius 1 is 1.62 bits per heavy atom. The first-order valence-electron chi connectivity index (χ1n) is 7.74. The molecule has 3 rings (SSSR count). The van der Waals surface area contributed by atoms with Crippen LogP contribution in [0, 0.1) is 0 Å². The third kappa shape index (κ3) is 3.96. The van der Waals surface area contributed by atoms with Crippen molar-refractivity contribution in [2.45, 2.75) is 25.5 Å². The molecule has 1 aromatic heterocycles. The molecule has 0 radical (unpaired) electrons. The summed E-state index contributed by atoms with van der Waals surface area (Å²) in [6.45, 7) is 7.79. The number of aliphatic imine (C=N–C) groups is 1. The van der Waals surface area contributed by atoms with Crippen molar-refractivity contribution >= 4 is 17.3 Å². The van der Waals surface area contributed by atoms with Crippen molar-refractivity contribution in [3.05, 3.63) is 22.4 Å². The van der Waals surface area contributed by atoms with Crippen molar-refractivity contribution in [1.82, 2.24) is 15.5 Å². The first kappa shape index (κ1) is 14.8. The molecule has 2 aliphatic rings. The molecule has 6 heteroatoms. The summed E-state index contributed by atoms with van der Waals surface area (Å²) in [5, 5.41) is 8.97. The fourth-order valence-corrected chi connectivity index (χ4v) is 3.72. The number of morpholine rings is 1. The van der Waals surface area contributed by atoms with Gasteiger partial charge in [0.05, 0.1) is 18.8 Å². The van der Waals surface area contributed by atoms with Crippen LogP contribution in [0.2, 0.25) is 0 Å². The first-order valence-corrected chi connectivity index (χ1v) is 8.62. The molecule has 0 aromatic carbocycles. The Labute approximate surface area is 130 Å². The quantitative estimate of drug-likeness (QED) is 0.884. The number of nitrogens with zero attached hydrogens (tertiary/aromatic N) is 2. The minimum absolute atomic E-state index is 0.311. The first-order chi connectivity index (χ1) is 10.3. The van der Waals surface area contributed by atoms with Gasteiger partial charge in [-0.2, -0.15) is 0 Å². The SMILES string of the molecule is CC1CN(C(CNC2=NCCCN2)c2cccs2)CCO1. The van der Waals surface area contributed by atoms with Gasteiger partial charge in [0.25, 0.3) is 0 Å². The lowest BCUT2D eigenvalue weighted by molar-refractivity contribution is -0.0334. The smallest absolute Gasteiger partial charge is 0.191 e. The minimum Gasteiger partial charge on any atom is -0.376 e. The van der Waals surface area contributed by atoms with E-state index in [1.165, 1.54) is 4.88 Å². The van der Waals surface area contributed by atoms with Crippen LogP contribution < -0.4 is 10.6 Å². The van der Waals surface area contributed by atoms with E-state index in [0.29, 0.717) is 12.1 Å². The maximum atomic E-state index is 5.68. The predicted octanol–water partition coefficient (Wildman–Crippen LogP) is 1.45. The average molecular weight is 308 g/mol. The Morgan fingerprint density at radius 2 is 2.57 bits per heavy atom. The summed E-state index contributed by atoms with van der Waals surface area (Å²) in [7, 11) is 0. The van der Waals surface area contributed by atoms with Crippen molar-refractivity contribution in [3.8, 4) is 0 Å². The molecule has 2 atom stereocenters. The van der Waals surface area contributed by atoms with Crippen LogP contribution in [0.5, 0.6) is 0 Å². The number of nitrogens with one attached hydrogen (secondary N) is 2. The van der Waals surface area contributed by atoms with E-state index in [2.05, 4.69) is 45.0 Å². The number of rotatable bonds is 4. The summed E-state index contributed by atoms with van der Waals surface area (Å²) in [6.07, 6.45) is 1.44. The maximum Gasteiger partial charge on any atom is 0.191 e. The van der Waals surface area contributed by atoms with E-state index >= 15 is 0 Å². The summed E-state index contributed by atoms with van der Waals surface area (Å²) in [6, 6.07) is 4.75. The van der Waals surface area contributed by atoms with Gasteiger partial charge in [0.15, 0.2) is 5.96 Å². The zero-order valence-electron chi connectivity index (χ0n) is 12.5. The molecule has 21 heavy (non-hydrogen) atoms. The summed E-state index contributed by atoms with van der Waals surface area (Å²) < 4.78 is 5.68. The van der Waals surface area contributed by atoms with Crippen LogP contribution in [0.4, 0.5) is 0 Å². The van der Waals surface area contributed by atoms with Crippen molar-refractivity contribution < 1.29 is 4.74 Å². The summed E-state index contributed by atoms with van der Waals surface area (Å²) in [4.78, 5) is 8.43. The van der Waals surface area contributed by atoms with Crippen LogP contribution in [-0.4, -0.2) is 56.3 Å². The lowest BCUT2D eigenvalue weighted by Gasteiger charge is -2.37. The number of hydrogen-bond donors (Lipinski definition) is 2. The molecule has 1 saturated heterocycles. The van der Waals surface area contributed by atoms with Crippen LogP contribution in [0.25, 0.3) is 0 Å². The fraction of sp³-hybridized carbons (Fsp3) is 0.667. The van der Waals surface area contributed by atoms with Gasteiger partial charge in [0.1, 0.15) is 0 Å². The molecule has 2 aliphatic heterocycles. The monoisotopic (exact) mass is 308 g/mol. The molecule has 1 fully saturated rings. The van der Waals surface area contributed by atoms with Gasteiger partial charge in [-0.3, -0.25) is 9.89 Å². The Balaban J connectivity index is 1.66. The molecule has 0 spiro atoms. The third-order valence-corrected chi connectivity index (χ3v) is 4.92. The van der Waals surface area contributed by atoms with Gasteiger partial charge in [-0.1, -0.05) is 6.07 Å². The summed E-state index contributed by atoms with van der Waals surface area (Å²) in [5.74, 6) is 0.948. The predicted molar refractivity (Wildman–Crippen MR) is 87.0 cm³/mol. The van der Waals surface area contributed by atoms with E-state index in [1.54, 1.807) is 0 Å². The maximum absolute atomic E-state index is 5.68. The van der Waals surface area contributed by atoms with Gasteiger partial charge in [0.2, 0.25) is 0 Å². The zero-order valence-corrected chi connectivity index (χ0v) is 13.4. The molecule has 0 aliphatic carbocycles. The molecule has 0 saturated carbocycles. The van der Waals surface area contributed by atoms with Gasteiger partial charge in [-0.05, 0) is 24.8 Å². The van der Waals surface area contributed by atoms with Crippen LogP contribution in [0.3, 0.4) is 0 Å². The third-order valence-electron chi connectivity index (χ3n) is 3.94. The summed E-state index contributed by atoms with van der Waals surface area (Å²) >= 11 is 1.83. The largest absolute Gasteiger partial charge is 0.376 e. The molecule has 3 heterocycles. The zero-order chi connectivity index (χ0) is 14.5. The van der Waals surface area contributed by atoms with E-state index in [4.69, 9.17) is 4.74 Å². The Morgan fingerprint density at radius 3 is 3.29 bits per heavy atom. The highest BCUT2D eigenvalue weighted by Gasteiger charge is 2.26. The highest BCUT2D eigenvalue weighted by molar-refractivity contribution is 7.10. The topological polar surface area (TPSA) is 48.9 Å². The number of hydrogen-bond acceptors (Lipinski definition) is 6. The van der Waals surface area contributed by atoms with Crippen LogP contribution >= 0.6 is 11.3 Å². The molecular weight excluding hydrogens is 284 g/mol. The van der Waals surface area contributed by atoms with Crippen LogP contribution in [-0.2, 0) is 4.74 Å². The van der Waals surface area contributed by atoms with Crippen LogP contribution in [0.15, 0.2) is 22.5 Å². The van der Waals surface area contributed by atoms with Crippen molar-refractivity contribution in [3.63, 3.8) is 0 Å². The minimum atomic E-state index is 0.311. The summed E-state index contributed by atoms with van der Waals surface area (Å²) in [5.41, 5.74) is 0. The van der Waals surface area contributed by atoms with Gasteiger partial charge in [0, 0.05) is 37.6 Å². The highest BCUT2D eigenvalue weighted by Crippen LogP contribution is 2.26. The highest BCUT2D eigenvalue weighted by atomic mass is 32.1. The lowest BCUT2D eigenvalue weighted by atomic mass is 10.1. The molecule has 116 valence electrons. The average Bonchev–Trinajstić information content (AvgIpc) is 3.03. The second-order valence-corrected chi connectivity index (χ2v) is 6.58. The van der Waals surface area contributed by atoms with Crippen molar-refractivity contribution in [2.24, 2.45) is 4.99 Å². The Bertz CT molecular complexity index is 462. The molecule has 0 bridgehead atoms. The molecule has 2 N–H and O–H groups in total. The number of thiophene rings is 1. The number of ether oxygens (including phenoxy) is 1. The Hall–Kier alpha value is -1.11. The van der Waals surface area contributed by atoms with Gasteiger partial charge >= 0.3 is 0 Å². The molecule has 1 aromatic rings. The lowest BCUT2D eigenvalue weighted by Crippen LogP contribution is -2.48. The fourth-order valence-electron chi connectivity index (χ4n) is 2.86. The van der Waals surface area contributed by atoms with Crippen molar-refractivity contribution in [2.75, 3.05) is 39.3 Å². The van der Waals surface area contributed by atoms with E-state index in [0.717, 1.165) is 51.7 Å². The second kappa shape index (κ2) is 7.24. The molecular formula is C15H24N4OS. The molecule has 5 nitrogen and oxygen atoms in total. The van der Waals surface area contributed by atoms with E-state index in [-0.39, 0.29) is 0 Å². The standard InChI is InChI=1S/C15H24N4OS/c1-12-11-19(7-8-20-12)13(14-4-2-9-21-14)10-18-15-16-5-3-6-17-15/h2,4,9,12-13H,3,5-8,10-11H2,1H3,(H2,16,17,18).